The maximum Gasteiger partial charge on any atom is 0.258 e. The summed E-state index contributed by atoms with van der Waals surface area (Å²) in [5, 5.41) is 2.50. The number of aryl methyl sites for hydroxylation is 1. The Balaban J connectivity index is 2.21. The molecule has 0 aliphatic heterocycles. The van der Waals surface area contributed by atoms with Crippen LogP contribution in [0.1, 0.15) is 10.4 Å². The molecule has 0 aliphatic carbocycles. The molecule has 1 N–H and O–H groups in total. The molecule has 1 amide bonds. The van der Waals surface area contributed by atoms with E-state index in [2.05, 4.69) is 15.3 Å². The van der Waals surface area contributed by atoms with Gasteiger partial charge in [0, 0.05) is 37.3 Å². The number of carbonyl (C=O) groups is 1. The highest BCUT2D eigenvalue weighted by Crippen LogP contribution is 2.00. The zero-order chi connectivity index (χ0) is 12.3. The summed E-state index contributed by atoms with van der Waals surface area (Å²) in [7, 11) is 1.62. The standard InChI is InChI=1S/C11H10N4O2/c1-15-6-3-8(7-9(15)16)10(17)14-11-12-4-2-5-13-11/h2-7H,1H3,(H,12,13,14,17). The smallest absolute Gasteiger partial charge is 0.258 e. The van der Waals surface area contributed by atoms with Gasteiger partial charge >= 0.3 is 0 Å². The molecule has 0 radical (unpaired) electrons. The predicted molar refractivity (Wildman–Crippen MR) is 61.7 cm³/mol. The zero-order valence-electron chi connectivity index (χ0n) is 9.12. The minimum absolute atomic E-state index is 0.207. The largest absolute Gasteiger partial charge is 0.319 e. The van der Waals surface area contributed by atoms with Gasteiger partial charge in [-0.2, -0.15) is 0 Å². The molecular formula is C11H10N4O2. The van der Waals surface area contributed by atoms with Gasteiger partial charge in [0.05, 0.1) is 0 Å². The SMILES string of the molecule is Cn1ccc(C(=O)Nc2ncccn2)cc1=O. The van der Waals surface area contributed by atoms with Crippen molar-refractivity contribution in [3.8, 4) is 0 Å². The third-order valence-electron chi connectivity index (χ3n) is 2.16. The first-order valence-corrected chi connectivity index (χ1v) is 4.92. The van der Waals surface area contributed by atoms with Crippen molar-refractivity contribution in [1.82, 2.24) is 14.5 Å². The average Bonchev–Trinajstić information content (AvgIpc) is 2.34. The van der Waals surface area contributed by atoms with E-state index in [9.17, 15) is 9.59 Å². The molecule has 0 aliphatic rings. The predicted octanol–water partition coefficient (Wildman–Crippen LogP) is 0.428. The van der Waals surface area contributed by atoms with E-state index in [1.165, 1.54) is 29.2 Å². The van der Waals surface area contributed by atoms with Gasteiger partial charge in [0.1, 0.15) is 0 Å². The number of pyridine rings is 1. The fraction of sp³-hybridized carbons (Fsp3) is 0.0909. The van der Waals surface area contributed by atoms with Gasteiger partial charge in [-0.15, -0.1) is 0 Å². The molecule has 6 heteroatoms. The average molecular weight is 230 g/mol. The van der Waals surface area contributed by atoms with Crippen molar-refractivity contribution in [1.29, 1.82) is 0 Å². The Labute approximate surface area is 97.0 Å². The zero-order valence-corrected chi connectivity index (χ0v) is 9.12. The molecule has 2 rings (SSSR count). The van der Waals surface area contributed by atoms with Crippen LogP contribution in [0.4, 0.5) is 5.95 Å². The topological polar surface area (TPSA) is 76.9 Å². The Hall–Kier alpha value is -2.50. The monoisotopic (exact) mass is 230 g/mol. The molecule has 0 saturated heterocycles. The Kier molecular flexibility index (Phi) is 2.95. The highest BCUT2D eigenvalue weighted by Gasteiger charge is 2.07. The number of carbonyl (C=O) groups excluding carboxylic acids is 1. The number of rotatable bonds is 2. The lowest BCUT2D eigenvalue weighted by atomic mass is 10.2. The van der Waals surface area contributed by atoms with E-state index in [1.54, 1.807) is 19.2 Å². The molecule has 0 bridgehead atoms. The third kappa shape index (κ3) is 2.54. The molecule has 0 saturated carbocycles. The summed E-state index contributed by atoms with van der Waals surface area (Å²) in [6.07, 6.45) is 4.57. The minimum atomic E-state index is -0.408. The van der Waals surface area contributed by atoms with Gasteiger partial charge in [-0.1, -0.05) is 0 Å². The maximum atomic E-state index is 11.7. The number of aromatic nitrogens is 3. The number of hydrogen-bond donors (Lipinski definition) is 1. The second kappa shape index (κ2) is 4.56. The second-order valence-electron chi connectivity index (χ2n) is 3.39. The lowest BCUT2D eigenvalue weighted by Gasteiger charge is -2.03. The third-order valence-corrected chi connectivity index (χ3v) is 2.16. The molecule has 0 fully saturated rings. The first-order valence-electron chi connectivity index (χ1n) is 4.92. The van der Waals surface area contributed by atoms with Crippen LogP contribution in [0.25, 0.3) is 0 Å². The number of nitrogens with one attached hydrogen (secondary N) is 1. The highest BCUT2D eigenvalue weighted by molar-refractivity contribution is 6.03. The van der Waals surface area contributed by atoms with Crippen molar-refractivity contribution in [3.05, 3.63) is 52.7 Å². The Morgan fingerprint density at radius 3 is 2.71 bits per heavy atom. The summed E-state index contributed by atoms with van der Waals surface area (Å²) < 4.78 is 1.38. The number of hydrogen-bond acceptors (Lipinski definition) is 4. The highest BCUT2D eigenvalue weighted by atomic mass is 16.2. The fourth-order valence-corrected chi connectivity index (χ4v) is 1.23. The van der Waals surface area contributed by atoms with E-state index < -0.39 is 5.91 Å². The molecule has 0 unspecified atom stereocenters. The van der Waals surface area contributed by atoms with Gasteiger partial charge in [0.15, 0.2) is 0 Å². The van der Waals surface area contributed by atoms with Crippen molar-refractivity contribution in [2.75, 3.05) is 5.32 Å². The summed E-state index contributed by atoms with van der Waals surface area (Å²) >= 11 is 0. The Bertz CT molecular complexity index is 592. The Morgan fingerprint density at radius 2 is 2.06 bits per heavy atom. The van der Waals surface area contributed by atoms with Gasteiger partial charge in [0.2, 0.25) is 5.95 Å². The molecule has 2 heterocycles. The van der Waals surface area contributed by atoms with Crippen LogP contribution in [0.2, 0.25) is 0 Å². The van der Waals surface area contributed by atoms with Crippen molar-refractivity contribution in [2.24, 2.45) is 7.05 Å². The summed E-state index contributed by atoms with van der Waals surface area (Å²) in [5.41, 5.74) is 0.0344. The lowest BCUT2D eigenvalue weighted by molar-refractivity contribution is 0.102. The molecule has 0 atom stereocenters. The minimum Gasteiger partial charge on any atom is -0.319 e. The summed E-state index contributed by atoms with van der Waals surface area (Å²) in [6, 6.07) is 4.46. The quantitative estimate of drug-likeness (QED) is 0.811. The van der Waals surface area contributed by atoms with E-state index in [0.29, 0.717) is 0 Å². The molecule has 2 aromatic heterocycles. The molecule has 86 valence electrons. The van der Waals surface area contributed by atoms with Crippen LogP contribution in [-0.4, -0.2) is 20.4 Å². The Morgan fingerprint density at radius 1 is 1.35 bits per heavy atom. The summed E-state index contributed by atoms with van der Waals surface area (Å²) in [6.45, 7) is 0. The van der Waals surface area contributed by atoms with Crippen molar-refractivity contribution in [3.63, 3.8) is 0 Å². The van der Waals surface area contributed by atoms with Gasteiger partial charge in [-0.3, -0.25) is 14.9 Å². The number of nitrogens with zero attached hydrogens (tertiary/aromatic N) is 3. The van der Waals surface area contributed by atoms with Crippen LogP contribution in [-0.2, 0) is 7.05 Å². The molecule has 6 nitrogen and oxygen atoms in total. The molecule has 0 spiro atoms. The van der Waals surface area contributed by atoms with E-state index in [0.717, 1.165) is 0 Å². The van der Waals surface area contributed by atoms with Crippen LogP contribution in [0, 0.1) is 0 Å². The maximum absolute atomic E-state index is 11.7. The van der Waals surface area contributed by atoms with E-state index in [1.807, 2.05) is 0 Å². The molecular weight excluding hydrogens is 220 g/mol. The normalized spacial score (nSPS) is 9.94. The van der Waals surface area contributed by atoms with Crippen LogP contribution in [0.3, 0.4) is 0 Å². The van der Waals surface area contributed by atoms with E-state index in [-0.39, 0.29) is 17.1 Å². The van der Waals surface area contributed by atoms with Crippen LogP contribution in [0.5, 0.6) is 0 Å². The van der Waals surface area contributed by atoms with Crippen LogP contribution >= 0.6 is 0 Å². The first-order chi connectivity index (χ1) is 8.16. The van der Waals surface area contributed by atoms with E-state index >= 15 is 0 Å². The van der Waals surface area contributed by atoms with Crippen molar-refractivity contribution < 1.29 is 4.79 Å². The number of anilines is 1. The van der Waals surface area contributed by atoms with Crippen molar-refractivity contribution >= 4 is 11.9 Å². The van der Waals surface area contributed by atoms with Crippen LogP contribution in [0.15, 0.2) is 41.6 Å². The number of amides is 1. The molecule has 2 aromatic rings. The van der Waals surface area contributed by atoms with Gasteiger partial charge in [-0.25, -0.2) is 9.97 Å². The first kappa shape index (κ1) is 11.0. The van der Waals surface area contributed by atoms with Crippen LogP contribution < -0.4 is 10.9 Å². The van der Waals surface area contributed by atoms with E-state index in [4.69, 9.17) is 0 Å². The second-order valence-corrected chi connectivity index (χ2v) is 3.39. The lowest BCUT2D eigenvalue weighted by Crippen LogP contribution is -2.20. The fourth-order valence-electron chi connectivity index (χ4n) is 1.23. The molecule has 0 aromatic carbocycles. The summed E-state index contributed by atoms with van der Waals surface area (Å²) in [4.78, 5) is 30.8. The van der Waals surface area contributed by atoms with Crippen molar-refractivity contribution in [2.45, 2.75) is 0 Å². The summed E-state index contributed by atoms with van der Waals surface area (Å²) in [5.74, 6) is -0.202. The van der Waals surface area contributed by atoms with Gasteiger partial charge in [0.25, 0.3) is 11.5 Å². The van der Waals surface area contributed by atoms with Gasteiger partial charge in [-0.05, 0) is 12.1 Å². The van der Waals surface area contributed by atoms with Gasteiger partial charge < -0.3 is 4.57 Å². The molecule has 17 heavy (non-hydrogen) atoms.